The maximum atomic E-state index is 4.62. The number of hydrogen-bond donors (Lipinski definition) is 1. The predicted octanol–water partition coefficient (Wildman–Crippen LogP) is 2.60. The molecule has 1 unspecified atom stereocenters. The Morgan fingerprint density at radius 2 is 2.37 bits per heavy atom. The molecule has 0 aromatic carbocycles. The summed E-state index contributed by atoms with van der Waals surface area (Å²) in [6.45, 7) is 2.09. The standard InChI is InChI=1S/C14H16N4S/c1-10-3-4-16-13(7-10)12(15-2)8-11-9-18-5-6-19-14(18)17-11/h3-7,9,12,15H,8H2,1-2H3. The van der Waals surface area contributed by atoms with E-state index in [1.54, 1.807) is 11.3 Å². The molecule has 0 bridgehead atoms. The highest BCUT2D eigenvalue weighted by Crippen LogP contribution is 2.18. The number of aryl methyl sites for hydroxylation is 1. The first-order valence-corrected chi connectivity index (χ1v) is 7.15. The van der Waals surface area contributed by atoms with Crippen LogP contribution in [0.25, 0.3) is 4.96 Å². The normalized spacial score (nSPS) is 12.9. The quantitative estimate of drug-likeness (QED) is 0.794. The van der Waals surface area contributed by atoms with Crippen molar-refractivity contribution < 1.29 is 0 Å². The van der Waals surface area contributed by atoms with Crippen LogP contribution in [0.15, 0.2) is 36.1 Å². The first-order valence-electron chi connectivity index (χ1n) is 6.27. The number of nitrogens with one attached hydrogen (secondary N) is 1. The second-order valence-corrected chi connectivity index (χ2v) is 5.50. The lowest BCUT2D eigenvalue weighted by molar-refractivity contribution is 0.570. The van der Waals surface area contributed by atoms with Gasteiger partial charge in [-0.25, -0.2) is 4.98 Å². The summed E-state index contributed by atoms with van der Waals surface area (Å²) >= 11 is 1.66. The van der Waals surface area contributed by atoms with Crippen LogP contribution in [-0.2, 0) is 6.42 Å². The third-order valence-corrected chi connectivity index (χ3v) is 3.97. The molecule has 5 heteroatoms. The van der Waals surface area contributed by atoms with Crippen LogP contribution in [0.1, 0.15) is 23.0 Å². The van der Waals surface area contributed by atoms with Gasteiger partial charge in [0.1, 0.15) is 0 Å². The van der Waals surface area contributed by atoms with Gasteiger partial charge in [-0.2, -0.15) is 0 Å². The summed E-state index contributed by atoms with van der Waals surface area (Å²) in [5.41, 5.74) is 3.39. The summed E-state index contributed by atoms with van der Waals surface area (Å²) < 4.78 is 2.07. The topological polar surface area (TPSA) is 42.2 Å². The van der Waals surface area contributed by atoms with Crippen LogP contribution >= 0.6 is 11.3 Å². The minimum Gasteiger partial charge on any atom is -0.311 e. The van der Waals surface area contributed by atoms with Crippen molar-refractivity contribution in [3.8, 4) is 0 Å². The van der Waals surface area contributed by atoms with Gasteiger partial charge in [0.05, 0.1) is 17.4 Å². The largest absolute Gasteiger partial charge is 0.311 e. The van der Waals surface area contributed by atoms with Gasteiger partial charge in [-0.15, -0.1) is 11.3 Å². The van der Waals surface area contributed by atoms with E-state index in [1.165, 1.54) is 5.56 Å². The van der Waals surface area contributed by atoms with E-state index in [9.17, 15) is 0 Å². The number of likely N-dealkylation sites (N-methyl/N-ethyl adjacent to an activating group) is 1. The first-order chi connectivity index (χ1) is 9.26. The van der Waals surface area contributed by atoms with Gasteiger partial charge in [-0.05, 0) is 31.7 Å². The van der Waals surface area contributed by atoms with Crippen LogP contribution in [0.3, 0.4) is 0 Å². The summed E-state index contributed by atoms with van der Waals surface area (Å²) in [6.07, 6.45) is 6.84. The molecule has 98 valence electrons. The molecular formula is C14H16N4S. The van der Waals surface area contributed by atoms with Crippen molar-refractivity contribution in [1.82, 2.24) is 19.7 Å². The van der Waals surface area contributed by atoms with Crippen LogP contribution in [-0.4, -0.2) is 21.4 Å². The molecule has 0 fully saturated rings. The van der Waals surface area contributed by atoms with E-state index in [0.29, 0.717) is 0 Å². The Balaban J connectivity index is 1.85. The van der Waals surface area contributed by atoms with Gasteiger partial charge in [0.2, 0.25) is 0 Å². The molecular weight excluding hydrogens is 256 g/mol. The SMILES string of the molecule is CNC(Cc1cn2ccsc2n1)c1cc(C)ccn1. The smallest absolute Gasteiger partial charge is 0.193 e. The highest BCUT2D eigenvalue weighted by atomic mass is 32.1. The molecule has 0 aliphatic heterocycles. The van der Waals surface area contributed by atoms with E-state index < -0.39 is 0 Å². The lowest BCUT2D eigenvalue weighted by Crippen LogP contribution is -2.20. The third-order valence-electron chi connectivity index (χ3n) is 3.20. The average Bonchev–Trinajstić information content (AvgIpc) is 2.96. The number of fused-ring (bicyclic) bond motifs is 1. The Hall–Kier alpha value is -1.72. The van der Waals surface area contributed by atoms with Gasteiger partial charge in [-0.3, -0.25) is 9.38 Å². The Kier molecular flexibility index (Phi) is 3.31. The summed E-state index contributed by atoms with van der Waals surface area (Å²) in [5, 5.41) is 5.37. The van der Waals surface area contributed by atoms with Crippen molar-refractivity contribution in [3.05, 3.63) is 53.1 Å². The molecule has 0 spiro atoms. The van der Waals surface area contributed by atoms with Crippen molar-refractivity contribution in [2.75, 3.05) is 7.05 Å². The Labute approximate surface area is 116 Å². The number of rotatable bonds is 4. The van der Waals surface area contributed by atoms with Crippen LogP contribution in [0.4, 0.5) is 0 Å². The van der Waals surface area contributed by atoms with Crippen LogP contribution in [0.2, 0.25) is 0 Å². The van der Waals surface area contributed by atoms with Gasteiger partial charge in [0.15, 0.2) is 4.96 Å². The zero-order valence-corrected chi connectivity index (χ0v) is 11.8. The lowest BCUT2D eigenvalue weighted by atomic mass is 10.1. The Morgan fingerprint density at radius 1 is 1.47 bits per heavy atom. The van der Waals surface area contributed by atoms with Crippen molar-refractivity contribution in [3.63, 3.8) is 0 Å². The summed E-state index contributed by atoms with van der Waals surface area (Å²) in [5.74, 6) is 0. The summed E-state index contributed by atoms with van der Waals surface area (Å²) in [7, 11) is 1.97. The molecule has 4 nitrogen and oxygen atoms in total. The number of aromatic nitrogens is 3. The molecule has 0 saturated heterocycles. The molecule has 3 heterocycles. The van der Waals surface area contributed by atoms with E-state index >= 15 is 0 Å². The van der Waals surface area contributed by atoms with Crippen LogP contribution in [0.5, 0.6) is 0 Å². The maximum absolute atomic E-state index is 4.62. The van der Waals surface area contributed by atoms with E-state index in [0.717, 1.165) is 22.8 Å². The fourth-order valence-electron chi connectivity index (χ4n) is 2.19. The van der Waals surface area contributed by atoms with Crippen molar-refractivity contribution in [1.29, 1.82) is 0 Å². The molecule has 3 aromatic rings. The number of hydrogen-bond acceptors (Lipinski definition) is 4. The van der Waals surface area contributed by atoms with Crippen molar-refractivity contribution in [2.24, 2.45) is 0 Å². The van der Waals surface area contributed by atoms with Gasteiger partial charge in [0.25, 0.3) is 0 Å². The molecule has 0 saturated carbocycles. The molecule has 0 aliphatic rings. The summed E-state index contributed by atoms with van der Waals surface area (Å²) in [4.78, 5) is 10.1. The van der Waals surface area contributed by atoms with Gasteiger partial charge in [-0.1, -0.05) is 0 Å². The average molecular weight is 272 g/mol. The van der Waals surface area contributed by atoms with Gasteiger partial charge < -0.3 is 5.32 Å². The fourth-order valence-corrected chi connectivity index (χ4v) is 2.91. The highest BCUT2D eigenvalue weighted by molar-refractivity contribution is 7.15. The minimum atomic E-state index is 0.199. The fraction of sp³-hybridized carbons (Fsp3) is 0.286. The van der Waals surface area contributed by atoms with Crippen molar-refractivity contribution in [2.45, 2.75) is 19.4 Å². The molecule has 19 heavy (non-hydrogen) atoms. The zero-order valence-electron chi connectivity index (χ0n) is 11.0. The van der Waals surface area contributed by atoms with E-state index in [1.807, 2.05) is 30.9 Å². The van der Waals surface area contributed by atoms with E-state index in [2.05, 4.69) is 38.9 Å². The summed E-state index contributed by atoms with van der Waals surface area (Å²) in [6, 6.07) is 4.34. The second-order valence-electron chi connectivity index (χ2n) is 4.63. The first kappa shape index (κ1) is 12.3. The van der Waals surface area contributed by atoms with E-state index in [-0.39, 0.29) is 6.04 Å². The van der Waals surface area contributed by atoms with E-state index in [4.69, 9.17) is 0 Å². The minimum absolute atomic E-state index is 0.199. The highest BCUT2D eigenvalue weighted by Gasteiger charge is 2.14. The number of nitrogens with zero attached hydrogens (tertiary/aromatic N) is 3. The zero-order chi connectivity index (χ0) is 13.2. The lowest BCUT2D eigenvalue weighted by Gasteiger charge is -2.14. The molecule has 1 N–H and O–H groups in total. The third kappa shape index (κ3) is 2.52. The van der Waals surface area contributed by atoms with Crippen LogP contribution < -0.4 is 5.32 Å². The monoisotopic (exact) mass is 272 g/mol. The number of imidazole rings is 1. The number of pyridine rings is 1. The number of thiazole rings is 1. The predicted molar refractivity (Wildman–Crippen MR) is 77.5 cm³/mol. The molecule has 0 amide bonds. The van der Waals surface area contributed by atoms with Gasteiger partial charge in [0, 0.05) is 30.4 Å². The molecule has 0 aliphatic carbocycles. The molecule has 0 radical (unpaired) electrons. The van der Waals surface area contributed by atoms with Crippen molar-refractivity contribution >= 4 is 16.3 Å². The maximum Gasteiger partial charge on any atom is 0.193 e. The molecule has 3 aromatic heterocycles. The molecule has 3 rings (SSSR count). The Morgan fingerprint density at radius 3 is 3.11 bits per heavy atom. The second kappa shape index (κ2) is 5.11. The van der Waals surface area contributed by atoms with Gasteiger partial charge >= 0.3 is 0 Å². The van der Waals surface area contributed by atoms with Crippen LogP contribution in [0, 0.1) is 6.92 Å². The molecule has 1 atom stereocenters. The Bertz CT molecular complexity index is 657.